The number of carbonyl (C=O) groups is 3. The topological polar surface area (TPSA) is 87.7 Å². The number of rotatable bonds is 5. The molecule has 0 spiro atoms. The van der Waals surface area contributed by atoms with E-state index in [0.29, 0.717) is 30.9 Å². The molecular weight excluding hydrogens is 334 g/mol. The fraction of sp³-hybridized carbons (Fsp3) is 0.526. The largest absolute Gasteiger partial charge is 0.466 e. The Bertz CT molecular complexity index is 687. The van der Waals surface area contributed by atoms with E-state index in [9.17, 15) is 14.4 Å². The second-order valence-corrected chi connectivity index (χ2v) is 6.80. The van der Waals surface area contributed by atoms with Gasteiger partial charge in [-0.2, -0.15) is 0 Å². The fourth-order valence-electron chi connectivity index (χ4n) is 3.11. The van der Waals surface area contributed by atoms with Gasteiger partial charge >= 0.3 is 12.0 Å². The maximum absolute atomic E-state index is 12.8. The molecule has 0 bridgehead atoms. The molecular formula is C19H25N3O4. The zero-order valence-corrected chi connectivity index (χ0v) is 15.0. The molecule has 140 valence electrons. The maximum atomic E-state index is 12.8. The van der Waals surface area contributed by atoms with Crippen LogP contribution in [0.4, 0.5) is 10.5 Å². The Morgan fingerprint density at radius 1 is 1.23 bits per heavy atom. The van der Waals surface area contributed by atoms with E-state index >= 15 is 0 Å². The zero-order valence-electron chi connectivity index (χ0n) is 15.0. The molecule has 1 aromatic carbocycles. The Kier molecular flexibility index (Phi) is 5.75. The van der Waals surface area contributed by atoms with E-state index in [-0.39, 0.29) is 29.9 Å². The number of amides is 3. The molecule has 7 heteroatoms. The number of likely N-dealkylation sites (tertiary alicyclic amines) is 1. The van der Waals surface area contributed by atoms with E-state index in [0.717, 1.165) is 25.7 Å². The van der Waals surface area contributed by atoms with Crippen molar-refractivity contribution in [2.75, 3.05) is 25.0 Å². The second kappa shape index (κ2) is 8.21. The van der Waals surface area contributed by atoms with Gasteiger partial charge in [0.1, 0.15) is 0 Å². The molecule has 0 aromatic heterocycles. The predicted molar refractivity (Wildman–Crippen MR) is 96.9 cm³/mol. The zero-order chi connectivity index (χ0) is 18.5. The van der Waals surface area contributed by atoms with Gasteiger partial charge < -0.3 is 20.3 Å². The molecule has 7 nitrogen and oxygen atoms in total. The Labute approximate surface area is 153 Å². The third kappa shape index (κ3) is 4.74. The SMILES string of the molecule is CCOC(=O)C1CCCN(C(=O)c2cccc(NC(=O)NC3CC3)c2)C1. The second-order valence-electron chi connectivity index (χ2n) is 6.80. The monoisotopic (exact) mass is 359 g/mol. The van der Waals surface area contributed by atoms with Crippen LogP contribution in [0.5, 0.6) is 0 Å². The molecule has 1 saturated carbocycles. The molecule has 1 aliphatic heterocycles. The Hall–Kier alpha value is -2.57. The van der Waals surface area contributed by atoms with E-state index in [1.165, 1.54) is 0 Å². The fourth-order valence-corrected chi connectivity index (χ4v) is 3.11. The summed E-state index contributed by atoms with van der Waals surface area (Å²) in [5.74, 6) is -0.638. The van der Waals surface area contributed by atoms with E-state index < -0.39 is 0 Å². The number of carbonyl (C=O) groups excluding carboxylic acids is 3. The smallest absolute Gasteiger partial charge is 0.319 e. The number of piperidine rings is 1. The maximum Gasteiger partial charge on any atom is 0.319 e. The van der Waals surface area contributed by atoms with Gasteiger partial charge in [-0.05, 0) is 50.8 Å². The Morgan fingerprint density at radius 2 is 2.04 bits per heavy atom. The average molecular weight is 359 g/mol. The van der Waals surface area contributed by atoms with Gasteiger partial charge in [0.2, 0.25) is 0 Å². The molecule has 1 aromatic rings. The molecule has 3 amide bonds. The molecule has 1 unspecified atom stereocenters. The van der Waals surface area contributed by atoms with Crippen molar-refractivity contribution in [1.29, 1.82) is 0 Å². The van der Waals surface area contributed by atoms with Crippen molar-refractivity contribution in [1.82, 2.24) is 10.2 Å². The standard InChI is InChI=1S/C19H25N3O4/c1-2-26-18(24)14-6-4-10-22(12-14)17(23)13-5-3-7-16(11-13)21-19(25)20-15-8-9-15/h3,5,7,11,14-15H,2,4,6,8-10,12H2,1H3,(H2,20,21,25). The summed E-state index contributed by atoms with van der Waals surface area (Å²) < 4.78 is 5.08. The summed E-state index contributed by atoms with van der Waals surface area (Å²) in [4.78, 5) is 38.3. The van der Waals surface area contributed by atoms with Gasteiger partial charge in [0, 0.05) is 30.4 Å². The van der Waals surface area contributed by atoms with Crippen LogP contribution in [0.2, 0.25) is 0 Å². The Balaban J connectivity index is 1.62. The van der Waals surface area contributed by atoms with Crippen molar-refractivity contribution in [3.8, 4) is 0 Å². The first kappa shape index (κ1) is 18.2. The van der Waals surface area contributed by atoms with E-state index in [1.807, 2.05) is 0 Å². The molecule has 1 atom stereocenters. The number of nitrogens with one attached hydrogen (secondary N) is 2. The van der Waals surface area contributed by atoms with Gasteiger partial charge in [0.05, 0.1) is 12.5 Å². The summed E-state index contributed by atoms with van der Waals surface area (Å²) in [5.41, 5.74) is 1.08. The molecule has 26 heavy (non-hydrogen) atoms. The minimum atomic E-state index is -0.265. The molecule has 1 saturated heterocycles. The van der Waals surface area contributed by atoms with Crippen molar-refractivity contribution >= 4 is 23.6 Å². The highest BCUT2D eigenvalue weighted by molar-refractivity contribution is 5.97. The van der Waals surface area contributed by atoms with Crippen molar-refractivity contribution < 1.29 is 19.1 Å². The number of nitrogens with zero attached hydrogens (tertiary/aromatic N) is 1. The summed E-state index contributed by atoms with van der Waals surface area (Å²) in [6.45, 7) is 3.12. The summed E-state index contributed by atoms with van der Waals surface area (Å²) in [6, 6.07) is 6.90. The minimum Gasteiger partial charge on any atom is -0.466 e. The number of esters is 1. The normalized spacial score (nSPS) is 19.6. The molecule has 2 fully saturated rings. The van der Waals surface area contributed by atoms with Crippen molar-refractivity contribution in [2.45, 2.75) is 38.6 Å². The highest BCUT2D eigenvalue weighted by atomic mass is 16.5. The average Bonchev–Trinajstić information content (AvgIpc) is 3.45. The first-order valence-electron chi connectivity index (χ1n) is 9.20. The van der Waals surface area contributed by atoms with Gasteiger partial charge in [-0.1, -0.05) is 6.07 Å². The molecule has 2 N–H and O–H groups in total. The summed E-state index contributed by atoms with van der Waals surface area (Å²) in [6.07, 6.45) is 3.55. The molecule has 3 rings (SSSR count). The van der Waals surface area contributed by atoms with Crippen LogP contribution in [0.25, 0.3) is 0 Å². The van der Waals surface area contributed by atoms with Crippen LogP contribution >= 0.6 is 0 Å². The van der Waals surface area contributed by atoms with Crippen LogP contribution in [0.1, 0.15) is 43.0 Å². The lowest BCUT2D eigenvalue weighted by molar-refractivity contribution is -0.149. The van der Waals surface area contributed by atoms with Crippen LogP contribution in [0, 0.1) is 5.92 Å². The van der Waals surface area contributed by atoms with Crippen LogP contribution < -0.4 is 10.6 Å². The molecule has 2 aliphatic rings. The van der Waals surface area contributed by atoms with Crippen molar-refractivity contribution in [2.24, 2.45) is 5.92 Å². The van der Waals surface area contributed by atoms with Crippen LogP contribution in [-0.2, 0) is 9.53 Å². The highest BCUT2D eigenvalue weighted by Crippen LogP contribution is 2.22. The number of urea groups is 1. The van der Waals surface area contributed by atoms with Gasteiger partial charge in [-0.25, -0.2) is 4.79 Å². The van der Waals surface area contributed by atoms with E-state index in [4.69, 9.17) is 4.74 Å². The third-order valence-electron chi connectivity index (χ3n) is 4.61. The van der Waals surface area contributed by atoms with Gasteiger partial charge in [-0.3, -0.25) is 9.59 Å². The molecule has 0 radical (unpaired) electrons. The first-order chi connectivity index (χ1) is 12.6. The van der Waals surface area contributed by atoms with Gasteiger partial charge in [0.15, 0.2) is 0 Å². The van der Waals surface area contributed by atoms with Crippen molar-refractivity contribution in [3.63, 3.8) is 0 Å². The van der Waals surface area contributed by atoms with Crippen molar-refractivity contribution in [3.05, 3.63) is 29.8 Å². The summed E-state index contributed by atoms with van der Waals surface area (Å²) in [7, 11) is 0. The molecule has 1 aliphatic carbocycles. The quantitative estimate of drug-likeness (QED) is 0.790. The minimum absolute atomic E-state index is 0.134. The van der Waals surface area contributed by atoms with E-state index in [1.54, 1.807) is 36.1 Å². The lowest BCUT2D eigenvalue weighted by Crippen LogP contribution is -2.42. The number of hydrogen-bond acceptors (Lipinski definition) is 4. The van der Waals surface area contributed by atoms with E-state index in [2.05, 4.69) is 10.6 Å². The lowest BCUT2D eigenvalue weighted by Gasteiger charge is -2.31. The number of benzene rings is 1. The molecule has 1 heterocycles. The van der Waals surface area contributed by atoms with Crippen LogP contribution in [-0.4, -0.2) is 48.5 Å². The van der Waals surface area contributed by atoms with Gasteiger partial charge in [0.25, 0.3) is 5.91 Å². The van der Waals surface area contributed by atoms with Crippen LogP contribution in [0.3, 0.4) is 0 Å². The summed E-state index contributed by atoms with van der Waals surface area (Å²) >= 11 is 0. The summed E-state index contributed by atoms with van der Waals surface area (Å²) in [5, 5.41) is 5.61. The van der Waals surface area contributed by atoms with Gasteiger partial charge in [-0.15, -0.1) is 0 Å². The first-order valence-corrected chi connectivity index (χ1v) is 9.20. The Morgan fingerprint density at radius 3 is 2.77 bits per heavy atom. The number of ether oxygens (including phenoxy) is 1. The highest BCUT2D eigenvalue weighted by Gasteiger charge is 2.30. The number of hydrogen-bond donors (Lipinski definition) is 2. The lowest BCUT2D eigenvalue weighted by atomic mass is 9.97. The predicted octanol–water partition coefficient (Wildman–Crippen LogP) is 2.39. The number of anilines is 1. The third-order valence-corrected chi connectivity index (χ3v) is 4.61. The van der Waals surface area contributed by atoms with Crippen LogP contribution in [0.15, 0.2) is 24.3 Å².